The molecule has 0 radical (unpaired) electrons. The molecule has 0 heterocycles. The molecule has 0 bridgehead atoms. The van der Waals surface area contributed by atoms with Crippen molar-refractivity contribution in [3.8, 4) is 0 Å². The molecule has 0 saturated heterocycles. The van der Waals surface area contributed by atoms with Gasteiger partial charge in [0.2, 0.25) is 0 Å². The van der Waals surface area contributed by atoms with E-state index in [9.17, 15) is 5.11 Å². The number of aryl methyl sites for hydroxylation is 3. The standard InChI is InChI=1S/C27H32O2/c1-4-21-13-7-10-16-24(21)27(29-20-19-28,25-17-11-8-14-22(25)5-2)26-18-12-9-15-23(26)6-3/h7-18,28H,4-6,19-20H2,1-3H3. The van der Waals surface area contributed by atoms with Gasteiger partial charge in [-0.3, -0.25) is 0 Å². The Kier molecular flexibility index (Phi) is 7.24. The Balaban J connectivity index is 2.46. The first kappa shape index (κ1) is 21.3. The third-order valence-corrected chi connectivity index (χ3v) is 5.74. The molecule has 0 aliphatic heterocycles. The molecule has 0 aliphatic carbocycles. The van der Waals surface area contributed by atoms with Crippen LogP contribution >= 0.6 is 0 Å². The van der Waals surface area contributed by atoms with Crippen LogP contribution in [0.2, 0.25) is 0 Å². The molecule has 152 valence electrons. The molecular weight excluding hydrogens is 356 g/mol. The maximum absolute atomic E-state index is 9.72. The fraction of sp³-hybridized carbons (Fsp3) is 0.333. The Morgan fingerprint density at radius 2 is 0.966 bits per heavy atom. The van der Waals surface area contributed by atoms with Gasteiger partial charge in [-0.05, 0) is 52.6 Å². The summed E-state index contributed by atoms with van der Waals surface area (Å²) in [6, 6.07) is 25.7. The van der Waals surface area contributed by atoms with E-state index in [4.69, 9.17) is 4.74 Å². The SMILES string of the molecule is CCc1ccccc1C(OCCO)(c1ccccc1CC)c1ccccc1CC. The predicted molar refractivity (Wildman–Crippen MR) is 120 cm³/mol. The Labute approximate surface area is 175 Å². The average Bonchev–Trinajstić information content (AvgIpc) is 2.80. The van der Waals surface area contributed by atoms with Crippen molar-refractivity contribution in [1.29, 1.82) is 0 Å². The Bertz CT molecular complexity index is 813. The molecule has 0 aliphatic rings. The minimum Gasteiger partial charge on any atom is -0.394 e. The molecule has 2 heteroatoms. The van der Waals surface area contributed by atoms with Crippen LogP contribution in [-0.2, 0) is 29.6 Å². The first-order valence-electron chi connectivity index (χ1n) is 10.7. The van der Waals surface area contributed by atoms with Gasteiger partial charge in [-0.15, -0.1) is 0 Å². The molecule has 3 rings (SSSR count). The predicted octanol–water partition coefficient (Wildman–Crippen LogP) is 5.67. The van der Waals surface area contributed by atoms with Crippen molar-refractivity contribution in [2.75, 3.05) is 13.2 Å². The molecule has 0 atom stereocenters. The second-order valence-corrected chi connectivity index (χ2v) is 7.29. The normalized spacial score (nSPS) is 11.6. The second-order valence-electron chi connectivity index (χ2n) is 7.29. The molecule has 0 spiro atoms. The van der Waals surface area contributed by atoms with Crippen LogP contribution in [0.1, 0.15) is 54.2 Å². The van der Waals surface area contributed by atoms with Crippen molar-refractivity contribution >= 4 is 0 Å². The van der Waals surface area contributed by atoms with E-state index in [1.807, 2.05) is 0 Å². The van der Waals surface area contributed by atoms with Crippen LogP contribution in [-0.4, -0.2) is 18.3 Å². The smallest absolute Gasteiger partial charge is 0.144 e. The zero-order chi connectivity index (χ0) is 20.7. The van der Waals surface area contributed by atoms with Crippen molar-refractivity contribution in [3.63, 3.8) is 0 Å². The highest BCUT2D eigenvalue weighted by atomic mass is 16.5. The zero-order valence-corrected chi connectivity index (χ0v) is 17.8. The third-order valence-electron chi connectivity index (χ3n) is 5.74. The van der Waals surface area contributed by atoms with Crippen molar-refractivity contribution in [2.24, 2.45) is 0 Å². The lowest BCUT2D eigenvalue weighted by Crippen LogP contribution is -2.37. The number of rotatable bonds is 9. The topological polar surface area (TPSA) is 29.5 Å². The highest BCUT2D eigenvalue weighted by Gasteiger charge is 2.41. The van der Waals surface area contributed by atoms with E-state index in [-0.39, 0.29) is 13.2 Å². The van der Waals surface area contributed by atoms with Crippen molar-refractivity contribution in [2.45, 2.75) is 45.6 Å². The summed E-state index contributed by atoms with van der Waals surface area (Å²) in [5.41, 5.74) is 6.54. The third kappa shape index (κ3) is 4.01. The summed E-state index contributed by atoms with van der Waals surface area (Å²) in [6.45, 7) is 6.82. The monoisotopic (exact) mass is 388 g/mol. The van der Waals surface area contributed by atoms with Gasteiger partial charge >= 0.3 is 0 Å². The fourth-order valence-electron chi connectivity index (χ4n) is 4.38. The number of benzene rings is 3. The van der Waals surface area contributed by atoms with Gasteiger partial charge in [0.25, 0.3) is 0 Å². The molecule has 3 aromatic rings. The van der Waals surface area contributed by atoms with E-state index in [0.717, 1.165) is 36.0 Å². The minimum atomic E-state index is -0.755. The maximum Gasteiger partial charge on any atom is 0.144 e. The molecule has 0 amide bonds. The van der Waals surface area contributed by atoms with Crippen LogP contribution in [0.4, 0.5) is 0 Å². The van der Waals surface area contributed by atoms with Gasteiger partial charge in [-0.1, -0.05) is 93.6 Å². The second kappa shape index (κ2) is 9.87. The van der Waals surface area contributed by atoms with Gasteiger partial charge in [0, 0.05) is 0 Å². The van der Waals surface area contributed by atoms with Crippen LogP contribution in [0.5, 0.6) is 0 Å². The van der Waals surface area contributed by atoms with Crippen LogP contribution in [0.3, 0.4) is 0 Å². The zero-order valence-electron chi connectivity index (χ0n) is 17.8. The first-order chi connectivity index (χ1) is 14.2. The number of hydrogen-bond acceptors (Lipinski definition) is 2. The first-order valence-corrected chi connectivity index (χ1v) is 10.7. The molecule has 1 N–H and O–H groups in total. The van der Waals surface area contributed by atoms with E-state index < -0.39 is 5.60 Å². The quantitative estimate of drug-likeness (QED) is 0.478. The van der Waals surface area contributed by atoms with Crippen LogP contribution in [0, 0.1) is 0 Å². The van der Waals surface area contributed by atoms with Gasteiger partial charge in [0.15, 0.2) is 0 Å². The number of ether oxygens (including phenoxy) is 1. The summed E-state index contributed by atoms with van der Waals surface area (Å²) in [5.74, 6) is 0. The van der Waals surface area contributed by atoms with Crippen molar-refractivity contribution < 1.29 is 9.84 Å². The van der Waals surface area contributed by atoms with E-state index in [1.165, 1.54) is 16.7 Å². The lowest BCUT2D eigenvalue weighted by atomic mass is 9.74. The summed E-state index contributed by atoms with van der Waals surface area (Å²) < 4.78 is 6.71. The molecule has 0 fully saturated rings. The summed E-state index contributed by atoms with van der Waals surface area (Å²) >= 11 is 0. The maximum atomic E-state index is 9.72. The summed E-state index contributed by atoms with van der Waals surface area (Å²) in [7, 11) is 0. The van der Waals surface area contributed by atoms with Gasteiger partial charge in [0.05, 0.1) is 13.2 Å². The van der Waals surface area contributed by atoms with Gasteiger partial charge in [-0.25, -0.2) is 0 Å². The summed E-state index contributed by atoms with van der Waals surface area (Å²) in [5, 5.41) is 9.72. The van der Waals surface area contributed by atoms with Gasteiger partial charge in [-0.2, -0.15) is 0 Å². The van der Waals surface area contributed by atoms with Crippen molar-refractivity contribution in [1.82, 2.24) is 0 Å². The molecule has 2 nitrogen and oxygen atoms in total. The molecule has 3 aromatic carbocycles. The van der Waals surface area contributed by atoms with Gasteiger partial charge in [0.1, 0.15) is 5.60 Å². The molecule has 0 aromatic heterocycles. The van der Waals surface area contributed by atoms with Gasteiger partial charge < -0.3 is 9.84 Å². The Morgan fingerprint density at radius 3 is 1.28 bits per heavy atom. The molecule has 29 heavy (non-hydrogen) atoms. The van der Waals surface area contributed by atoms with E-state index in [0.29, 0.717) is 0 Å². The molecule has 0 saturated carbocycles. The summed E-state index contributed by atoms with van der Waals surface area (Å²) in [6.07, 6.45) is 2.76. The van der Waals surface area contributed by atoms with Crippen LogP contribution in [0.15, 0.2) is 72.8 Å². The summed E-state index contributed by atoms with van der Waals surface area (Å²) in [4.78, 5) is 0. The highest BCUT2D eigenvalue weighted by Crippen LogP contribution is 2.45. The molecular formula is C27H32O2. The van der Waals surface area contributed by atoms with E-state index in [1.54, 1.807) is 0 Å². The lowest BCUT2D eigenvalue weighted by molar-refractivity contribution is -0.00790. The largest absolute Gasteiger partial charge is 0.394 e. The lowest BCUT2D eigenvalue weighted by Gasteiger charge is -2.39. The minimum absolute atomic E-state index is 0.0153. The fourth-order valence-corrected chi connectivity index (χ4v) is 4.38. The number of aliphatic hydroxyl groups is 1. The van der Waals surface area contributed by atoms with Crippen molar-refractivity contribution in [3.05, 3.63) is 106 Å². The highest BCUT2D eigenvalue weighted by molar-refractivity contribution is 5.55. The average molecular weight is 389 g/mol. The van der Waals surface area contributed by atoms with E-state index >= 15 is 0 Å². The number of hydrogen-bond donors (Lipinski definition) is 1. The number of aliphatic hydroxyl groups excluding tert-OH is 1. The van der Waals surface area contributed by atoms with E-state index in [2.05, 4.69) is 93.6 Å². The Hall–Kier alpha value is -2.42. The molecule has 0 unspecified atom stereocenters. The van der Waals surface area contributed by atoms with Crippen LogP contribution < -0.4 is 0 Å². The Morgan fingerprint density at radius 1 is 0.621 bits per heavy atom. The van der Waals surface area contributed by atoms with Crippen LogP contribution in [0.25, 0.3) is 0 Å².